The Hall–Kier alpha value is -5.75. The Labute approximate surface area is 384 Å². The predicted octanol–water partition coefficient (Wildman–Crippen LogP) is 5.31. The van der Waals surface area contributed by atoms with Gasteiger partial charge >= 0.3 is 0 Å². The minimum Gasteiger partial charge on any atom is -0.391 e. The molecule has 4 atom stereocenters. The number of hydrogen-bond acceptors (Lipinski definition) is 12. The third-order valence-electron chi connectivity index (χ3n) is 11.8. The van der Waals surface area contributed by atoms with Crippen LogP contribution in [0.25, 0.3) is 27.3 Å². The number of aryl methyl sites for hydroxylation is 1. The number of carbonyl (C=O) groups excluding carboxylic acids is 3. The largest absolute Gasteiger partial charge is 0.391 e. The Balaban J connectivity index is 0.000000216. The summed E-state index contributed by atoms with van der Waals surface area (Å²) in [5.74, 6) is 0.000309. The maximum absolute atomic E-state index is 13.3. The van der Waals surface area contributed by atoms with Crippen molar-refractivity contribution in [3.8, 4) is 16.3 Å². The van der Waals surface area contributed by atoms with E-state index in [0.717, 1.165) is 37.1 Å². The van der Waals surface area contributed by atoms with Gasteiger partial charge in [0.15, 0.2) is 11.5 Å². The highest BCUT2D eigenvalue weighted by atomic mass is 32.1. The molecule has 17 heteroatoms. The van der Waals surface area contributed by atoms with Gasteiger partial charge in [-0.15, -0.1) is 17.9 Å². The first-order valence-corrected chi connectivity index (χ1v) is 23.0. The van der Waals surface area contributed by atoms with Gasteiger partial charge in [0.1, 0.15) is 23.1 Å². The molecule has 0 aliphatic carbocycles. The molecular formula is C48H64N10O6S. The number of rotatable bonds is 12. The quantitative estimate of drug-likeness (QED) is 0.102. The van der Waals surface area contributed by atoms with Gasteiger partial charge in [-0.2, -0.15) is 4.98 Å². The van der Waals surface area contributed by atoms with Gasteiger partial charge in [-0.1, -0.05) is 57.2 Å². The highest BCUT2D eigenvalue weighted by molar-refractivity contribution is 7.13. The molecule has 2 fully saturated rings. The van der Waals surface area contributed by atoms with Gasteiger partial charge in [0.05, 0.1) is 24.4 Å². The monoisotopic (exact) mass is 908 g/mol. The van der Waals surface area contributed by atoms with Gasteiger partial charge in [0.25, 0.3) is 5.56 Å². The molecule has 6 heterocycles. The molecule has 1 aromatic carbocycles. The number of nitrogens with one attached hydrogen (secondary N) is 3. The van der Waals surface area contributed by atoms with Gasteiger partial charge in [-0.05, 0) is 106 Å². The molecule has 7 rings (SSSR count). The molecule has 2 saturated heterocycles. The highest BCUT2D eigenvalue weighted by Crippen LogP contribution is 2.31. The summed E-state index contributed by atoms with van der Waals surface area (Å²) in [6, 6.07) is 14.0. The van der Waals surface area contributed by atoms with Crippen LogP contribution in [0, 0.1) is 12.3 Å². The van der Waals surface area contributed by atoms with Crippen LogP contribution in [0.5, 0.6) is 0 Å². The van der Waals surface area contributed by atoms with E-state index in [1.165, 1.54) is 26.9 Å². The normalized spacial score (nSPS) is 18.1. The van der Waals surface area contributed by atoms with E-state index in [9.17, 15) is 29.4 Å². The number of aliphatic hydroxyl groups excluding tert-OH is 1. The van der Waals surface area contributed by atoms with Crippen molar-refractivity contribution < 1.29 is 24.6 Å². The average Bonchev–Trinajstić information content (AvgIpc) is 3.94. The van der Waals surface area contributed by atoms with Crippen molar-refractivity contribution in [1.29, 1.82) is 0 Å². The zero-order valence-electron chi connectivity index (χ0n) is 39.0. The molecule has 0 saturated carbocycles. The number of likely N-dealkylation sites (tertiary alicyclic amines) is 2. The first-order valence-electron chi connectivity index (χ1n) is 22.1. The van der Waals surface area contributed by atoms with E-state index in [1.807, 2.05) is 58.0 Å². The summed E-state index contributed by atoms with van der Waals surface area (Å²) < 4.78 is 3.21. The van der Waals surface area contributed by atoms with Crippen molar-refractivity contribution in [2.45, 2.75) is 117 Å². The molecule has 3 amide bonds. The van der Waals surface area contributed by atoms with E-state index in [2.05, 4.69) is 67.8 Å². The summed E-state index contributed by atoms with van der Waals surface area (Å²) in [5, 5.41) is 32.3. The van der Waals surface area contributed by atoms with Crippen molar-refractivity contribution in [1.82, 2.24) is 44.7 Å². The molecule has 65 heavy (non-hydrogen) atoms. The van der Waals surface area contributed by atoms with E-state index < -0.39 is 29.2 Å². The molecular weight excluding hydrogens is 845 g/mol. The molecule has 0 spiro atoms. The Bertz CT molecular complexity index is 2550. The number of fused-ring (bicyclic) bond motifs is 1. The van der Waals surface area contributed by atoms with Crippen molar-refractivity contribution in [3.63, 3.8) is 0 Å². The number of amides is 3. The number of hydrogen-bond donors (Lipinski definition) is 5. The molecule has 0 bridgehead atoms. The summed E-state index contributed by atoms with van der Waals surface area (Å²) in [5.41, 5.74) is 2.42. The van der Waals surface area contributed by atoms with Crippen LogP contribution in [-0.2, 0) is 26.5 Å². The number of piperidine rings is 1. The maximum atomic E-state index is 13.3. The number of nitrogens with zero attached hydrogens (tertiary/aromatic N) is 7. The zero-order chi connectivity index (χ0) is 47.4. The number of anilines is 1. The number of aromatic nitrogens is 5. The average molecular weight is 909 g/mol. The van der Waals surface area contributed by atoms with Gasteiger partial charge in [-0.3, -0.25) is 19.2 Å². The Morgan fingerprint density at radius 2 is 1.71 bits per heavy atom. The summed E-state index contributed by atoms with van der Waals surface area (Å²) in [7, 11) is 2.12. The Morgan fingerprint density at radius 1 is 1.02 bits per heavy atom. The van der Waals surface area contributed by atoms with Gasteiger partial charge in [-0.25, -0.2) is 19.3 Å². The summed E-state index contributed by atoms with van der Waals surface area (Å²) in [6.45, 7) is 20.4. The number of benzene rings is 1. The van der Waals surface area contributed by atoms with E-state index >= 15 is 0 Å². The minimum absolute atomic E-state index is 0.0618. The van der Waals surface area contributed by atoms with Crippen LogP contribution in [0.3, 0.4) is 0 Å². The highest BCUT2D eigenvalue weighted by Gasteiger charge is 2.44. The molecule has 2 aliphatic heterocycles. The topological polar surface area (TPSA) is 200 Å². The lowest BCUT2D eigenvalue weighted by molar-refractivity contribution is -0.144. The van der Waals surface area contributed by atoms with Crippen LogP contribution in [0.2, 0.25) is 0 Å². The van der Waals surface area contributed by atoms with Gasteiger partial charge in [0, 0.05) is 37.0 Å². The first kappa shape index (κ1) is 48.7. The van der Waals surface area contributed by atoms with Crippen molar-refractivity contribution >= 4 is 46.0 Å². The lowest BCUT2D eigenvalue weighted by Gasteiger charge is -2.35. The number of pyridine rings is 1. The van der Waals surface area contributed by atoms with Gasteiger partial charge in [0.2, 0.25) is 23.7 Å². The number of aliphatic hydroxyl groups is 2. The molecule has 4 aromatic heterocycles. The molecule has 5 N–H and O–H groups in total. The van der Waals surface area contributed by atoms with Crippen LogP contribution in [0.1, 0.15) is 90.6 Å². The third kappa shape index (κ3) is 11.6. The van der Waals surface area contributed by atoms with E-state index in [0.29, 0.717) is 41.1 Å². The smallest absolute Gasteiger partial charge is 0.278 e. The van der Waals surface area contributed by atoms with E-state index in [1.54, 1.807) is 54.3 Å². The van der Waals surface area contributed by atoms with Crippen LogP contribution < -0.4 is 21.5 Å². The predicted molar refractivity (Wildman–Crippen MR) is 255 cm³/mol. The molecule has 0 unspecified atom stereocenters. The lowest BCUT2D eigenvalue weighted by Crippen LogP contribution is -2.57. The molecule has 2 aliphatic rings. The SMILES string of the molecule is C=CCn1c(=O)c2cnc(NC3CCN(C)CC3)nc2n1-c1cccc(C(C)(C)O)n1.CC(=O)N[C@@H](C(=O)N1C[C@@H](O)C[C@@H]1C(=O)N[C@H](C)c1ccc(-c2sccc2C)cc1)C(C)(C)C. The van der Waals surface area contributed by atoms with Crippen LogP contribution in [-0.4, -0.2) is 113 Å². The van der Waals surface area contributed by atoms with Crippen LogP contribution in [0.4, 0.5) is 5.95 Å². The number of allylic oxidation sites excluding steroid dienone is 1. The van der Waals surface area contributed by atoms with Crippen molar-refractivity contribution in [2.75, 3.05) is 32.0 Å². The second kappa shape index (κ2) is 20.2. The van der Waals surface area contributed by atoms with Crippen molar-refractivity contribution in [2.24, 2.45) is 5.41 Å². The molecule has 0 radical (unpaired) electrons. The minimum atomic E-state index is -1.11. The fourth-order valence-electron chi connectivity index (χ4n) is 8.14. The van der Waals surface area contributed by atoms with Crippen LogP contribution in [0.15, 0.2) is 77.6 Å². The van der Waals surface area contributed by atoms with E-state index in [-0.39, 0.29) is 42.3 Å². The summed E-state index contributed by atoms with van der Waals surface area (Å²) in [6.07, 6.45) is 4.62. The summed E-state index contributed by atoms with van der Waals surface area (Å²) >= 11 is 1.70. The molecule has 16 nitrogen and oxygen atoms in total. The fourth-order valence-corrected chi connectivity index (χ4v) is 9.08. The maximum Gasteiger partial charge on any atom is 0.278 e. The Morgan fingerprint density at radius 3 is 2.31 bits per heavy atom. The number of β-amino-alcohol motifs (C(OH)–C–C–N with tert-alkyl or cyclic N) is 1. The zero-order valence-corrected chi connectivity index (χ0v) is 39.8. The molecule has 5 aromatic rings. The van der Waals surface area contributed by atoms with Gasteiger partial charge < -0.3 is 36.0 Å². The fraction of sp³-hybridized carbons (Fsp3) is 0.479. The Kier molecular flexibility index (Phi) is 15.1. The lowest BCUT2D eigenvalue weighted by atomic mass is 9.85. The summed E-state index contributed by atoms with van der Waals surface area (Å²) in [4.78, 5) is 69.9. The second-order valence-corrected chi connectivity index (χ2v) is 19.7. The number of carbonyl (C=O) groups is 3. The molecule has 348 valence electrons. The number of thiophene rings is 1. The second-order valence-electron chi connectivity index (χ2n) is 18.8. The standard InChI is InChI=1S/C26H35N3O4S.C22H29N7O2/c1-15-11-12-34-22(15)19-9-7-18(8-10-19)16(2)27-24(32)21-13-20(31)14-29(21)25(33)23(26(4,5)6)28-17(3)30;1-5-11-28-20(30)16-14-23-21(24-15-9-12-27(4)13-10-15)26-19(16)29(28)18-8-6-7-17(25-18)22(2,3)31/h7-12,16,20-21,23,31H,13-14H2,1-6H3,(H,27,32)(H,28,30);5-8,14-15,31H,1,9-13H2,2-4H3,(H,23,24,26)/t16-,20+,21-,23+;/m1./s1. The first-order chi connectivity index (χ1) is 30.7. The van der Waals surface area contributed by atoms with Crippen molar-refractivity contribution in [3.05, 3.63) is 99.9 Å². The van der Waals surface area contributed by atoms with E-state index in [4.69, 9.17) is 0 Å². The third-order valence-corrected chi connectivity index (χ3v) is 12.9. The van der Waals surface area contributed by atoms with Crippen LogP contribution >= 0.6 is 11.3 Å².